The van der Waals surface area contributed by atoms with Gasteiger partial charge in [-0.3, -0.25) is 19.6 Å². The molecular formula is C17H16N7NaO5S3. The molecule has 0 radical (unpaired) electrons. The summed E-state index contributed by atoms with van der Waals surface area (Å²) in [4.78, 5) is 42.6. The summed E-state index contributed by atoms with van der Waals surface area (Å²) in [5.74, 6) is -1.92. The van der Waals surface area contributed by atoms with Gasteiger partial charge in [0, 0.05) is 33.7 Å². The van der Waals surface area contributed by atoms with Crippen molar-refractivity contribution < 1.29 is 54.3 Å². The Bertz CT molecular complexity index is 1120. The second kappa shape index (κ2) is 10.9. The third-order valence-electron chi connectivity index (χ3n) is 4.70. The van der Waals surface area contributed by atoms with Crippen LogP contribution in [0.1, 0.15) is 11.4 Å². The largest absolute Gasteiger partial charge is 1.00 e. The Morgan fingerprint density at radius 1 is 1.48 bits per heavy atom. The third-order valence-corrected chi connectivity index (χ3v) is 7.93. The fraction of sp³-hybridized carbons (Fsp3) is 0.294. The van der Waals surface area contributed by atoms with Crippen LogP contribution in [-0.4, -0.2) is 71.7 Å². The molecule has 16 heteroatoms. The van der Waals surface area contributed by atoms with Crippen molar-refractivity contribution in [1.82, 2.24) is 25.4 Å². The molecule has 5 N–H and O–H groups in total. The number of amides is 2. The number of nitrogen functional groups attached to an aromatic ring is 1. The number of carbonyl (C=O) groups is 3. The van der Waals surface area contributed by atoms with Crippen molar-refractivity contribution in [2.45, 2.75) is 17.8 Å². The quantitative estimate of drug-likeness (QED) is 0.0882. The molecule has 0 saturated carbocycles. The van der Waals surface area contributed by atoms with Gasteiger partial charge >= 0.3 is 29.6 Å². The summed E-state index contributed by atoms with van der Waals surface area (Å²) in [6.07, 6.45) is 2.29. The van der Waals surface area contributed by atoms with E-state index in [1.54, 1.807) is 6.20 Å². The summed E-state index contributed by atoms with van der Waals surface area (Å²) in [5.41, 5.74) is 5.95. The van der Waals surface area contributed by atoms with E-state index < -0.39 is 34.9 Å². The van der Waals surface area contributed by atoms with Gasteiger partial charge in [-0.2, -0.15) is 5.10 Å². The molecule has 2 aromatic rings. The number of aromatic nitrogens is 3. The van der Waals surface area contributed by atoms with E-state index in [0.29, 0.717) is 22.8 Å². The Kier molecular flexibility index (Phi) is 8.47. The molecule has 2 amide bonds. The monoisotopic (exact) mass is 517 g/mol. The standard InChI is InChI=1S/C17H17N7O5S3.Na/c18-17-20-8(5-32-17)10(23-29)13(25)21-11-14(26)24-12(16(27)28)9(6-31-15(11)24)30-4-2-7-1-3-19-22-7;/h1,3,5,11,15,29H,2,4,6H2,(H2,18,20)(H,19,22)(H,21,25)(H,27,28);/q;+1/p-1/b23-10-;/t11-,15-;/m1./s1. The number of aromatic amines is 1. The summed E-state index contributed by atoms with van der Waals surface area (Å²) < 4.78 is 0. The van der Waals surface area contributed by atoms with Crippen LogP contribution in [0.25, 0.3) is 0 Å². The van der Waals surface area contributed by atoms with E-state index in [0.717, 1.165) is 21.9 Å². The van der Waals surface area contributed by atoms with Crippen LogP contribution >= 0.6 is 34.9 Å². The normalized spacial score (nSPS) is 20.1. The first-order valence-electron chi connectivity index (χ1n) is 9.15. The average Bonchev–Trinajstić information content (AvgIpc) is 3.44. The summed E-state index contributed by atoms with van der Waals surface area (Å²) >= 11 is 3.72. The minimum absolute atomic E-state index is 0. The maximum atomic E-state index is 12.7. The van der Waals surface area contributed by atoms with E-state index in [2.05, 4.69) is 25.7 Å². The first kappa shape index (κ1) is 25.6. The molecule has 1 fully saturated rings. The molecule has 0 unspecified atom stereocenters. The van der Waals surface area contributed by atoms with Crippen molar-refractivity contribution in [1.29, 1.82) is 0 Å². The van der Waals surface area contributed by atoms with Crippen molar-refractivity contribution in [2.75, 3.05) is 17.2 Å². The number of carboxylic acids is 1. The summed E-state index contributed by atoms with van der Waals surface area (Å²) in [6.45, 7) is 0. The number of carboxylic acid groups (broad SMARTS) is 1. The molecule has 33 heavy (non-hydrogen) atoms. The topological polar surface area (TPSA) is 190 Å². The SMILES string of the molecule is Nc1nc(/C(=N/O)C(=O)N[C@@H]2C(=O)N3C(C(=O)[O-])=C(SCCc4ccn[nH]4)CS[C@H]23)cs1.[Na+]. The summed E-state index contributed by atoms with van der Waals surface area (Å²) in [5, 5.41) is 34.2. The number of thioether (sulfide) groups is 2. The predicted molar refractivity (Wildman–Crippen MR) is 117 cm³/mol. The molecular weight excluding hydrogens is 501 g/mol. The summed E-state index contributed by atoms with van der Waals surface area (Å²) in [7, 11) is 0. The van der Waals surface area contributed by atoms with Gasteiger partial charge in [-0.1, -0.05) is 5.16 Å². The van der Waals surface area contributed by atoms with E-state index in [1.807, 2.05) is 6.07 Å². The Morgan fingerprint density at radius 2 is 2.27 bits per heavy atom. The number of hydrogen-bond donors (Lipinski definition) is 4. The second-order valence-electron chi connectivity index (χ2n) is 6.62. The minimum atomic E-state index is -1.45. The van der Waals surface area contributed by atoms with Crippen LogP contribution in [0.4, 0.5) is 5.13 Å². The molecule has 2 aliphatic rings. The van der Waals surface area contributed by atoms with Crippen LogP contribution in [0.5, 0.6) is 0 Å². The van der Waals surface area contributed by atoms with Crippen molar-refractivity contribution in [3.8, 4) is 0 Å². The zero-order valence-electron chi connectivity index (χ0n) is 17.2. The number of rotatable bonds is 8. The van der Waals surface area contributed by atoms with Crippen LogP contribution in [0, 0.1) is 0 Å². The van der Waals surface area contributed by atoms with Gasteiger partial charge in [0.25, 0.3) is 11.8 Å². The number of fused-ring (bicyclic) bond motifs is 1. The van der Waals surface area contributed by atoms with Crippen LogP contribution in [-0.2, 0) is 20.8 Å². The Balaban J connectivity index is 0.00000306. The van der Waals surface area contributed by atoms with Gasteiger partial charge in [-0.15, -0.1) is 34.9 Å². The molecule has 2 aliphatic heterocycles. The second-order valence-corrected chi connectivity index (χ2v) is 9.80. The molecule has 0 aromatic carbocycles. The molecule has 2 aromatic heterocycles. The average molecular weight is 518 g/mol. The van der Waals surface area contributed by atoms with Crippen LogP contribution < -0.4 is 45.7 Å². The number of nitrogens with two attached hydrogens (primary N) is 1. The van der Waals surface area contributed by atoms with E-state index in [-0.39, 0.29) is 46.1 Å². The number of thiazole rings is 1. The zero-order valence-corrected chi connectivity index (χ0v) is 21.6. The van der Waals surface area contributed by atoms with Gasteiger partial charge in [0.1, 0.15) is 17.1 Å². The third kappa shape index (κ3) is 5.22. The number of aliphatic carboxylic acids is 1. The summed E-state index contributed by atoms with van der Waals surface area (Å²) in [6, 6.07) is 0.849. The Hall–Kier alpha value is -2.04. The number of aryl methyl sites for hydroxylation is 1. The smallest absolute Gasteiger partial charge is 0.543 e. The van der Waals surface area contributed by atoms with Crippen molar-refractivity contribution in [3.63, 3.8) is 0 Å². The Morgan fingerprint density at radius 3 is 2.88 bits per heavy atom. The fourth-order valence-electron chi connectivity index (χ4n) is 3.22. The van der Waals surface area contributed by atoms with E-state index >= 15 is 0 Å². The first-order chi connectivity index (χ1) is 15.4. The molecule has 2 atom stereocenters. The number of carbonyl (C=O) groups excluding carboxylic acids is 3. The number of hydrogen-bond acceptors (Lipinski definition) is 12. The minimum Gasteiger partial charge on any atom is -0.543 e. The number of nitrogens with zero attached hydrogens (tertiary/aromatic N) is 4. The van der Waals surface area contributed by atoms with Crippen molar-refractivity contribution >= 4 is 63.5 Å². The molecule has 168 valence electrons. The first-order valence-corrected chi connectivity index (χ1v) is 12.1. The van der Waals surface area contributed by atoms with Gasteiger partial charge < -0.3 is 26.2 Å². The maximum Gasteiger partial charge on any atom is 1.00 e. The fourth-order valence-corrected chi connectivity index (χ4v) is 6.38. The van der Waals surface area contributed by atoms with Crippen LogP contribution in [0.3, 0.4) is 0 Å². The number of H-pyrrole nitrogens is 1. The van der Waals surface area contributed by atoms with Gasteiger partial charge in [0.05, 0.1) is 11.7 Å². The molecule has 12 nitrogen and oxygen atoms in total. The van der Waals surface area contributed by atoms with E-state index in [4.69, 9.17) is 5.73 Å². The molecule has 0 spiro atoms. The van der Waals surface area contributed by atoms with Crippen LogP contribution in [0.15, 0.2) is 33.4 Å². The number of oxime groups is 1. The molecule has 4 heterocycles. The van der Waals surface area contributed by atoms with E-state index in [1.165, 1.54) is 28.9 Å². The van der Waals surface area contributed by atoms with Crippen molar-refractivity contribution in [3.05, 3.63) is 39.6 Å². The molecule has 0 bridgehead atoms. The van der Waals surface area contributed by atoms with Gasteiger partial charge in [0.2, 0.25) is 0 Å². The van der Waals surface area contributed by atoms with Crippen molar-refractivity contribution in [2.24, 2.45) is 5.16 Å². The van der Waals surface area contributed by atoms with Crippen LogP contribution in [0.2, 0.25) is 0 Å². The molecule has 1 saturated heterocycles. The number of nitrogens with one attached hydrogen (secondary N) is 2. The van der Waals surface area contributed by atoms with Gasteiger partial charge in [-0.05, 0) is 12.5 Å². The zero-order chi connectivity index (χ0) is 22.8. The predicted octanol–water partition coefficient (Wildman–Crippen LogP) is -4.03. The number of anilines is 1. The molecule has 4 rings (SSSR count). The van der Waals surface area contributed by atoms with E-state index in [9.17, 15) is 24.7 Å². The maximum absolute atomic E-state index is 12.7. The van der Waals surface area contributed by atoms with Gasteiger partial charge in [0.15, 0.2) is 10.8 Å². The number of β-lactam (4-membered cyclic amide) rings is 1. The van der Waals surface area contributed by atoms with Gasteiger partial charge in [-0.25, -0.2) is 4.98 Å². The Labute approximate surface area is 221 Å². The molecule has 0 aliphatic carbocycles.